The molecule has 1 atom stereocenters. The van der Waals surface area contributed by atoms with Crippen molar-refractivity contribution in [2.24, 2.45) is 0 Å². The molecule has 6 heteroatoms. The second kappa shape index (κ2) is 54.2. The Morgan fingerprint density at radius 2 is 0.636 bits per heavy atom. The van der Waals surface area contributed by atoms with Gasteiger partial charge in [0.1, 0.15) is 13.2 Å². The summed E-state index contributed by atoms with van der Waals surface area (Å²) in [5.74, 6) is -1.05. The van der Waals surface area contributed by atoms with E-state index in [0.29, 0.717) is 12.8 Å². The Labute approximate surface area is 407 Å². The second-order valence-corrected chi connectivity index (χ2v) is 18.1. The van der Waals surface area contributed by atoms with Crippen molar-refractivity contribution < 1.29 is 28.6 Å². The molecule has 66 heavy (non-hydrogen) atoms. The molecule has 0 radical (unpaired) electrons. The van der Waals surface area contributed by atoms with E-state index < -0.39 is 12.1 Å². The second-order valence-electron chi connectivity index (χ2n) is 18.1. The molecule has 0 aliphatic carbocycles. The van der Waals surface area contributed by atoms with E-state index in [4.69, 9.17) is 14.2 Å². The molecule has 0 heterocycles. The molecule has 0 aliphatic rings. The fourth-order valence-corrected chi connectivity index (χ4v) is 7.55. The van der Waals surface area contributed by atoms with Gasteiger partial charge in [-0.15, -0.1) is 0 Å². The predicted octanol–water partition coefficient (Wildman–Crippen LogP) is 18.4. The van der Waals surface area contributed by atoms with E-state index in [1.807, 2.05) is 6.08 Å². The number of rotatable bonds is 49. The molecular formula is C60H102O6. The van der Waals surface area contributed by atoms with Crippen molar-refractivity contribution >= 4 is 17.9 Å². The van der Waals surface area contributed by atoms with Crippen LogP contribution in [0.1, 0.15) is 258 Å². The lowest BCUT2D eigenvalue weighted by Crippen LogP contribution is -2.30. The average Bonchev–Trinajstić information content (AvgIpc) is 3.31. The van der Waals surface area contributed by atoms with Crippen LogP contribution in [-0.4, -0.2) is 37.2 Å². The Hall–Kier alpha value is -3.41. The minimum absolute atomic E-state index is 0.0959. The summed E-state index contributed by atoms with van der Waals surface area (Å²) in [6, 6.07) is 0. The fraction of sp³-hybridized carbons (Fsp3) is 0.717. The van der Waals surface area contributed by atoms with Gasteiger partial charge in [-0.3, -0.25) is 14.4 Å². The maximum Gasteiger partial charge on any atom is 0.310 e. The zero-order chi connectivity index (χ0) is 47.9. The first-order valence-electron chi connectivity index (χ1n) is 27.6. The highest BCUT2D eigenvalue weighted by Crippen LogP contribution is 2.15. The topological polar surface area (TPSA) is 78.9 Å². The van der Waals surface area contributed by atoms with E-state index in [-0.39, 0.29) is 31.6 Å². The normalized spacial score (nSPS) is 12.7. The lowest BCUT2D eigenvalue weighted by Gasteiger charge is -2.18. The summed E-state index contributed by atoms with van der Waals surface area (Å²) in [4.78, 5) is 38.0. The fourth-order valence-electron chi connectivity index (χ4n) is 7.55. The molecule has 0 N–H and O–H groups in total. The lowest BCUT2D eigenvalue weighted by molar-refractivity contribution is -0.166. The molecule has 6 nitrogen and oxygen atoms in total. The molecule has 0 aromatic carbocycles. The van der Waals surface area contributed by atoms with Gasteiger partial charge in [0.2, 0.25) is 0 Å². The predicted molar refractivity (Wildman–Crippen MR) is 284 cm³/mol. The molecule has 0 aromatic heterocycles. The van der Waals surface area contributed by atoms with E-state index >= 15 is 0 Å². The highest BCUT2D eigenvalue weighted by molar-refractivity contribution is 5.72. The Kier molecular flexibility index (Phi) is 51.4. The van der Waals surface area contributed by atoms with E-state index in [0.717, 1.165) is 83.5 Å². The van der Waals surface area contributed by atoms with E-state index in [1.165, 1.54) is 135 Å². The van der Waals surface area contributed by atoms with Gasteiger partial charge in [-0.2, -0.15) is 0 Å². The van der Waals surface area contributed by atoms with E-state index in [9.17, 15) is 14.4 Å². The smallest absolute Gasteiger partial charge is 0.310 e. The van der Waals surface area contributed by atoms with Crippen LogP contribution in [-0.2, 0) is 28.6 Å². The number of ether oxygens (including phenoxy) is 3. The zero-order valence-corrected chi connectivity index (χ0v) is 43.2. The SMILES string of the molecule is CC/C=C\C/C=C\C/C=C\C/C=C\C/C=C\CC(=O)OC(COC(=O)CCCCCCCCC/C=C\C/C=C\CCCCCC)COC(=O)CCCCCCCCCCCCCCCCC. The molecular weight excluding hydrogens is 817 g/mol. The molecule has 0 amide bonds. The third-order valence-corrected chi connectivity index (χ3v) is 11.7. The maximum absolute atomic E-state index is 12.8. The average molecular weight is 919 g/mol. The van der Waals surface area contributed by atoms with Gasteiger partial charge in [-0.1, -0.05) is 247 Å². The van der Waals surface area contributed by atoms with E-state index in [2.05, 4.69) is 93.7 Å². The molecule has 0 aliphatic heterocycles. The van der Waals surface area contributed by atoms with Crippen molar-refractivity contribution in [1.29, 1.82) is 0 Å². The van der Waals surface area contributed by atoms with Crippen LogP contribution in [0, 0.1) is 0 Å². The molecule has 0 fully saturated rings. The molecule has 0 aromatic rings. The Morgan fingerprint density at radius 3 is 1.02 bits per heavy atom. The van der Waals surface area contributed by atoms with Gasteiger partial charge in [0.05, 0.1) is 6.42 Å². The highest BCUT2D eigenvalue weighted by Gasteiger charge is 2.19. The van der Waals surface area contributed by atoms with Crippen LogP contribution in [0.2, 0.25) is 0 Å². The molecule has 0 saturated heterocycles. The Balaban J connectivity index is 4.48. The third kappa shape index (κ3) is 51.6. The van der Waals surface area contributed by atoms with E-state index in [1.54, 1.807) is 6.08 Å². The maximum atomic E-state index is 12.8. The third-order valence-electron chi connectivity index (χ3n) is 11.7. The number of esters is 3. The van der Waals surface area contributed by atoms with Crippen LogP contribution in [0.15, 0.2) is 85.1 Å². The van der Waals surface area contributed by atoms with Crippen LogP contribution < -0.4 is 0 Å². The van der Waals surface area contributed by atoms with Crippen molar-refractivity contribution in [1.82, 2.24) is 0 Å². The number of hydrogen-bond acceptors (Lipinski definition) is 6. The quantitative estimate of drug-likeness (QED) is 0.0262. The number of carbonyl (C=O) groups excluding carboxylic acids is 3. The van der Waals surface area contributed by atoms with Gasteiger partial charge < -0.3 is 14.2 Å². The van der Waals surface area contributed by atoms with Crippen molar-refractivity contribution in [3.05, 3.63) is 85.1 Å². The monoisotopic (exact) mass is 919 g/mol. The first-order valence-corrected chi connectivity index (χ1v) is 27.6. The largest absolute Gasteiger partial charge is 0.462 e. The zero-order valence-electron chi connectivity index (χ0n) is 43.2. The molecule has 0 spiro atoms. The number of carbonyl (C=O) groups is 3. The van der Waals surface area contributed by atoms with Crippen LogP contribution in [0.25, 0.3) is 0 Å². The molecule has 0 rings (SSSR count). The molecule has 1 unspecified atom stereocenters. The van der Waals surface area contributed by atoms with Crippen LogP contribution >= 0.6 is 0 Å². The molecule has 0 bridgehead atoms. The summed E-state index contributed by atoms with van der Waals surface area (Å²) >= 11 is 0. The van der Waals surface area contributed by atoms with Gasteiger partial charge in [-0.25, -0.2) is 0 Å². The van der Waals surface area contributed by atoms with Crippen LogP contribution in [0.5, 0.6) is 0 Å². The summed E-state index contributed by atoms with van der Waals surface area (Å²) in [7, 11) is 0. The summed E-state index contributed by atoms with van der Waals surface area (Å²) in [5.41, 5.74) is 0. The minimum Gasteiger partial charge on any atom is -0.462 e. The lowest BCUT2D eigenvalue weighted by atomic mass is 10.0. The standard InChI is InChI=1S/C60H102O6/c1-4-7-10-13-16-19-22-25-28-29-30-33-35-38-41-44-47-50-53-59(62)65-56-57(66-60(63)54-51-48-45-42-39-36-32-27-24-21-18-15-12-9-6-3)55-64-58(61)52-49-46-43-40-37-34-31-26-23-20-17-14-11-8-5-2/h9,12,18-19,21-22,27-29,32,39,42,48,51,57H,4-8,10-11,13-17,20,23-26,30-31,33-38,40-41,43-47,49-50,52-56H2,1-3H3/b12-9-,21-18-,22-19-,29-28-,32-27-,42-39-,51-48-. The summed E-state index contributed by atoms with van der Waals surface area (Å²) < 4.78 is 16.7. The van der Waals surface area contributed by atoms with Gasteiger partial charge in [0, 0.05) is 12.8 Å². The number of unbranched alkanes of at least 4 members (excludes halogenated alkanes) is 25. The molecule has 378 valence electrons. The van der Waals surface area contributed by atoms with Gasteiger partial charge in [-0.05, 0) is 77.0 Å². The first kappa shape index (κ1) is 62.6. The summed E-state index contributed by atoms with van der Waals surface area (Å²) in [6.45, 7) is 6.43. The van der Waals surface area contributed by atoms with Crippen molar-refractivity contribution in [2.75, 3.05) is 13.2 Å². The number of hydrogen-bond donors (Lipinski definition) is 0. The van der Waals surface area contributed by atoms with Crippen molar-refractivity contribution in [2.45, 2.75) is 264 Å². The Morgan fingerprint density at radius 1 is 0.333 bits per heavy atom. The van der Waals surface area contributed by atoms with Crippen LogP contribution in [0.3, 0.4) is 0 Å². The minimum atomic E-state index is -0.833. The van der Waals surface area contributed by atoms with Crippen molar-refractivity contribution in [3.63, 3.8) is 0 Å². The van der Waals surface area contributed by atoms with Crippen LogP contribution in [0.4, 0.5) is 0 Å². The first-order chi connectivity index (χ1) is 32.5. The Bertz CT molecular complexity index is 1290. The summed E-state index contributed by atoms with van der Waals surface area (Å²) in [5, 5.41) is 0. The van der Waals surface area contributed by atoms with Gasteiger partial charge >= 0.3 is 17.9 Å². The van der Waals surface area contributed by atoms with Gasteiger partial charge in [0.15, 0.2) is 6.10 Å². The summed E-state index contributed by atoms with van der Waals surface area (Å²) in [6.07, 6.45) is 70.2. The van der Waals surface area contributed by atoms with Gasteiger partial charge in [0.25, 0.3) is 0 Å². The molecule has 0 saturated carbocycles. The van der Waals surface area contributed by atoms with Crippen molar-refractivity contribution in [3.8, 4) is 0 Å². The number of allylic oxidation sites excluding steroid dienone is 13. The highest BCUT2D eigenvalue weighted by atomic mass is 16.6.